The second-order valence-electron chi connectivity index (χ2n) is 4.98. The Morgan fingerprint density at radius 1 is 1.55 bits per heavy atom. The van der Waals surface area contributed by atoms with Crippen molar-refractivity contribution < 1.29 is 19.1 Å². The van der Waals surface area contributed by atoms with E-state index in [2.05, 4.69) is 5.32 Å². The average molecular weight is 282 g/mol. The normalized spacial score (nSPS) is 20.6. The number of nitrogens with zero attached hydrogens (tertiary/aromatic N) is 1. The Kier molecular flexibility index (Phi) is 4.10. The number of rotatable bonds is 5. The monoisotopic (exact) mass is 282 g/mol. The average Bonchev–Trinajstić information content (AvgIpc) is 2.75. The van der Waals surface area contributed by atoms with Crippen molar-refractivity contribution in [2.75, 3.05) is 25.6 Å². The zero-order chi connectivity index (χ0) is 14.8. The second-order valence-corrected chi connectivity index (χ2v) is 4.98. The molecular formula is C13H18N2O5. The second kappa shape index (κ2) is 5.64. The molecule has 7 nitrogen and oxygen atoms in total. The molecule has 0 amide bonds. The number of anilines is 1. The van der Waals surface area contributed by atoms with Gasteiger partial charge in [0.2, 0.25) is 0 Å². The third kappa shape index (κ3) is 3.37. The van der Waals surface area contributed by atoms with E-state index >= 15 is 0 Å². The van der Waals surface area contributed by atoms with Crippen LogP contribution in [-0.4, -0.2) is 37.1 Å². The van der Waals surface area contributed by atoms with Crippen LogP contribution in [-0.2, 0) is 9.47 Å². The molecule has 0 bridgehead atoms. The van der Waals surface area contributed by atoms with Crippen LogP contribution in [0.4, 0.5) is 11.4 Å². The molecule has 0 spiro atoms. The first-order chi connectivity index (χ1) is 9.41. The van der Waals surface area contributed by atoms with Gasteiger partial charge >= 0.3 is 5.69 Å². The van der Waals surface area contributed by atoms with Crippen molar-refractivity contribution in [3.05, 3.63) is 28.3 Å². The number of hydrogen-bond donors (Lipinski definition) is 1. The van der Waals surface area contributed by atoms with Gasteiger partial charge in [-0.2, -0.15) is 0 Å². The van der Waals surface area contributed by atoms with Crippen molar-refractivity contribution in [2.45, 2.75) is 25.7 Å². The van der Waals surface area contributed by atoms with Crippen LogP contribution in [0, 0.1) is 10.1 Å². The smallest absolute Gasteiger partial charge is 0.311 e. The minimum atomic E-state index is -0.556. The lowest BCUT2D eigenvalue weighted by atomic mass is 10.2. The van der Waals surface area contributed by atoms with Gasteiger partial charge in [0, 0.05) is 24.4 Å². The third-order valence-corrected chi connectivity index (χ3v) is 2.98. The number of ether oxygens (including phenoxy) is 3. The SMILES string of the molecule is COc1cc(NCC2COC(C)(C)O2)ccc1[N+](=O)[O-]. The minimum Gasteiger partial charge on any atom is -0.490 e. The molecule has 0 radical (unpaired) electrons. The number of nitrogens with one attached hydrogen (secondary N) is 1. The number of benzene rings is 1. The molecule has 1 aromatic carbocycles. The molecule has 1 heterocycles. The van der Waals surface area contributed by atoms with Crippen LogP contribution in [0.25, 0.3) is 0 Å². The highest BCUT2D eigenvalue weighted by atomic mass is 16.7. The van der Waals surface area contributed by atoms with E-state index in [1.165, 1.54) is 13.2 Å². The molecule has 0 saturated carbocycles. The van der Waals surface area contributed by atoms with Crippen LogP contribution < -0.4 is 10.1 Å². The standard InChI is InChI=1S/C13H18N2O5/c1-13(2)19-8-10(20-13)7-14-9-4-5-11(15(16)17)12(6-9)18-3/h4-6,10,14H,7-8H2,1-3H3. The van der Waals surface area contributed by atoms with Crippen LogP contribution >= 0.6 is 0 Å². The number of methoxy groups -OCH3 is 1. The van der Waals surface area contributed by atoms with Gasteiger partial charge in [-0.1, -0.05) is 0 Å². The quantitative estimate of drug-likeness (QED) is 0.658. The lowest BCUT2D eigenvalue weighted by molar-refractivity contribution is -0.385. The summed E-state index contributed by atoms with van der Waals surface area (Å²) in [5, 5.41) is 14.0. The van der Waals surface area contributed by atoms with Gasteiger partial charge in [0.25, 0.3) is 0 Å². The summed E-state index contributed by atoms with van der Waals surface area (Å²) in [5.74, 6) is -0.330. The van der Waals surface area contributed by atoms with E-state index in [1.54, 1.807) is 12.1 Å². The van der Waals surface area contributed by atoms with E-state index < -0.39 is 10.7 Å². The minimum absolute atomic E-state index is 0.0498. The molecule has 1 aliphatic heterocycles. The van der Waals surface area contributed by atoms with E-state index in [9.17, 15) is 10.1 Å². The fourth-order valence-electron chi connectivity index (χ4n) is 2.03. The molecule has 2 rings (SSSR count). The molecule has 1 fully saturated rings. The molecule has 1 aliphatic rings. The van der Waals surface area contributed by atoms with Gasteiger partial charge in [0.1, 0.15) is 6.10 Å². The summed E-state index contributed by atoms with van der Waals surface area (Å²) in [6.45, 7) is 4.80. The van der Waals surface area contributed by atoms with Crippen molar-refractivity contribution in [1.29, 1.82) is 0 Å². The summed E-state index contributed by atoms with van der Waals surface area (Å²) in [4.78, 5) is 10.3. The maximum atomic E-state index is 10.8. The maximum Gasteiger partial charge on any atom is 0.311 e. The van der Waals surface area contributed by atoms with Crippen LogP contribution in [0.3, 0.4) is 0 Å². The highest BCUT2D eigenvalue weighted by molar-refractivity contribution is 5.58. The Hall–Kier alpha value is -1.86. The highest BCUT2D eigenvalue weighted by Gasteiger charge is 2.32. The van der Waals surface area contributed by atoms with Gasteiger partial charge < -0.3 is 19.5 Å². The summed E-state index contributed by atoms with van der Waals surface area (Å²) in [7, 11) is 1.41. The van der Waals surface area contributed by atoms with Crippen molar-refractivity contribution >= 4 is 11.4 Å². The topological polar surface area (TPSA) is 82.9 Å². The highest BCUT2D eigenvalue weighted by Crippen LogP contribution is 2.30. The molecule has 110 valence electrons. The first kappa shape index (κ1) is 14.5. The van der Waals surface area contributed by atoms with E-state index in [0.29, 0.717) is 13.2 Å². The summed E-state index contributed by atoms with van der Waals surface area (Å²) in [5.41, 5.74) is 0.681. The number of nitro benzene ring substituents is 1. The van der Waals surface area contributed by atoms with Crippen LogP contribution in [0.1, 0.15) is 13.8 Å². The molecule has 1 atom stereocenters. The van der Waals surface area contributed by atoms with Crippen LogP contribution in [0.15, 0.2) is 18.2 Å². The molecule has 7 heteroatoms. The van der Waals surface area contributed by atoms with Gasteiger partial charge in [-0.3, -0.25) is 10.1 Å². The molecule has 20 heavy (non-hydrogen) atoms. The molecule has 1 aromatic rings. The maximum absolute atomic E-state index is 10.8. The van der Waals surface area contributed by atoms with Gasteiger partial charge in [-0.05, 0) is 19.9 Å². The summed E-state index contributed by atoms with van der Waals surface area (Å²) in [6, 6.07) is 4.65. The fraction of sp³-hybridized carbons (Fsp3) is 0.538. The first-order valence-electron chi connectivity index (χ1n) is 6.29. The summed E-state index contributed by atoms with van der Waals surface area (Å²) in [6.07, 6.45) is -0.0498. The fourth-order valence-corrected chi connectivity index (χ4v) is 2.03. The summed E-state index contributed by atoms with van der Waals surface area (Å²) < 4.78 is 16.1. The van der Waals surface area contributed by atoms with Gasteiger partial charge in [0.15, 0.2) is 11.5 Å². The lowest BCUT2D eigenvalue weighted by Gasteiger charge is -2.17. The largest absolute Gasteiger partial charge is 0.490 e. The molecule has 0 aromatic heterocycles. The predicted molar refractivity (Wildman–Crippen MR) is 73.0 cm³/mol. The van der Waals surface area contributed by atoms with Crippen molar-refractivity contribution in [2.24, 2.45) is 0 Å². The zero-order valence-electron chi connectivity index (χ0n) is 11.7. The van der Waals surface area contributed by atoms with Gasteiger partial charge in [-0.15, -0.1) is 0 Å². The Labute approximate surface area is 117 Å². The summed E-state index contributed by atoms with van der Waals surface area (Å²) >= 11 is 0. The van der Waals surface area contributed by atoms with E-state index in [-0.39, 0.29) is 17.5 Å². The first-order valence-corrected chi connectivity index (χ1v) is 6.29. The van der Waals surface area contributed by atoms with Gasteiger partial charge in [-0.25, -0.2) is 0 Å². The van der Waals surface area contributed by atoms with Crippen LogP contribution in [0.2, 0.25) is 0 Å². The van der Waals surface area contributed by atoms with E-state index in [1.807, 2.05) is 13.8 Å². The van der Waals surface area contributed by atoms with Crippen molar-refractivity contribution in [3.63, 3.8) is 0 Å². The Balaban J connectivity index is 1.98. The Bertz CT molecular complexity index is 504. The lowest BCUT2D eigenvalue weighted by Crippen LogP contribution is -2.26. The third-order valence-electron chi connectivity index (χ3n) is 2.98. The van der Waals surface area contributed by atoms with Crippen molar-refractivity contribution in [1.82, 2.24) is 0 Å². The molecule has 1 unspecified atom stereocenters. The predicted octanol–water partition coefficient (Wildman–Crippen LogP) is 2.17. The van der Waals surface area contributed by atoms with E-state index in [0.717, 1.165) is 5.69 Å². The van der Waals surface area contributed by atoms with Crippen molar-refractivity contribution in [3.8, 4) is 5.75 Å². The molecule has 1 saturated heterocycles. The van der Waals surface area contributed by atoms with Gasteiger partial charge in [0.05, 0.1) is 18.6 Å². The Morgan fingerprint density at radius 2 is 2.30 bits per heavy atom. The molecule has 1 N–H and O–H groups in total. The zero-order valence-corrected chi connectivity index (χ0v) is 11.7. The Morgan fingerprint density at radius 3 is 2.85 bits per heavy atom. The van der Waals surface area contributed by atoms with Crippen LogP contribution in [0.5, 0.6) is 5.75 Å². The number of hydrogen-bond acceptors (Lipinski definition) is 6. The van der Waals surface area contributed by atoms with E-state index in [4.69, 9.17) is 14.2 Å². The molecular weight excluding hydrogens is 264 g/mol. The molecule has 0 aliphatic carbocycles. The number of nitro groups is 1.